The molecule has 0 saturated heterocycles. The van der Waals surface area contributed by atoms with Crippen LogP contribution in [0.5, 0.6) is 0 Å². The summed E-state index contributed by atoms with van der Waals surface area (Å²) in [7, 11) is 0. The first-order valence-corrected chi connectivity index (χ1v) is 21.5. The smallest absolute Gasteiger partial charge is 0.0727 e. The predicted octanol–water partition coefficient (Wildman–Crippen LogP) is 15.9. The minimum absolute atomic E-state index is 0.146. The van der Waals surface area contributed by atoms with Gasteiger partial charge in [0.25, 0.3) is 0 Å². The maximum absolute atomic E-state index is 6.77. The highest BCUT2D eigenvalue weighted by Gasteiger charge is 2.53. The number of nitrogens with one attached hydrogen (secondary N) is 1. The monoisotopic (exact) mass is 800 g/mol. The average Bonchev–Trinajstić information content (AvgIpc) is 3.87. The number of rotatable bonds is 6. The fraction of sp³-hybridized carbons (Fsp3) is 0.0690. The van der Waals surface area contributed by atoms with Crippen LogP contribution < -0.4 is 10.2 Å². The Morgan fingerprint density at radius 1 is 0.393 bits per heavy atom. The summed E-state index contributed by atoms with van der Waals surface area (Å²) in [5.74, 6) is 0. The molecular formula is C58H41ClN2. The van der Waals surface area contributed by atoms with Gasteiger partial charge in [0.15, 0.2) is 0 Å². The number of hydrogen-bond donors (Lipinski definition) is 1. The van der Waals surface area contributed by atoms with E-state index in [1.165, 1.54) is 77.9 Å². The number of hydrogen-bond acceptors (Lipinski definition) is 2. The van der Waals surface area contributed by atoms with Crippen molar-refractivity contribution in [2.45, 2.75) is 24.7 Å². The highest BCUT2D eigenvalue weighted by Crippen LogP contribution is 2.66. The van der Waals surface area contributed by atoms with E-state index in [1.54, 1.807) is 0 Å². The molecule has 0 radical (unpaired) electrons. The molecule has 0 saturated carbocycles. The standard InChI is InChI=1S/C58H41ClN2/c1-57(2)45-21-9-6-18-41(45)42-35-34-40(36-50(42)57)61(39-32-30-38(31-33-39)37-16-4-3-5-17-37)54-29-15-25-49-56(54)44-20-8-11-23-47(44)58(49)46-22-10-7-19-43(46)55-48(58)24-14-28-53(55)60-52-27-13-12-26-51(52)59/h3-36,60H,1-2H3. The van der Waals surface area contributed by atoms with E-state index in [2.05, 4.69) is 206 Å². The Bertz CT molecular complexity index is 3220. The van der Waals surface area contributed by atoms with Gasteiger partial charge in [0.2, 0.25) is 0 Å². The van der Waals surface area contributed by atoms with Gasteiger partial charge in [0.1, 0.15) is 0 Å². The molecule has 3 heteroatoms. The molecule has 0 fully saturated rings. The number of para-hydroxylation sites is 1. The van der Waals surface area contributed by atoms with E-state index in [9.17, 15) is 0 Å². The molecule has 1 N–H and O–H groups in total. The van der Waals surface area contributed by atoms with Crippen LogP contribution in [0, 0.1) is 0 Å². The molecule has 1 unspecified atom stereocenters. The molecule has 9 aromatic carbocycles. The van der Waals surface area contributed by atoms with Gasteiger partial charge in [-0.3, -0.25) is 0 Å². The maximum atomic E-state index is 6.77. The Kier molecular flexibility index (Phi) is 7.89. The molecule has 0 aromatic heterocycles. The molecule has 2 nitrogen and oxygen atoms in total. The lowest BCUT2D eigenvalue weighted by Crippen LogP contribution is -2.26. The van der Waals surface area contributed by atoms with Crippen LogP contribution in [0.2, 0.25) is 5.02 Å². The molecule has 1 atom stereocenters. The molecule has 9 aromatic rings. The number of benzene rings is 9. The van der Waals surface area contributed by atoms with Crippen molar-refractivity contribution in [1.29, 1.82) is 0 Å². The molecule has 1 spiro atoms. The second-order valence-corrected chi connectivity index (χ2v) is 17.4. The fourth-order valence-corrected chi connectivity index (χ4v) is 11.1. The van der Waals surface area contributed by atoms with Crippen LogP contribution in [0.4, 0.5) is 28.4 Å². The molecule has 290 valence electrons. The van der Waals surface area contributed by atoms with Crippen LogP contribution in [0.1, 0.15) is 47.2 Å². The average molecular weight is 801 g/mol. The Morgan fingerprint density at radius 3 is 1.66 bits per heavy atom. The van der Waals surface area contributed by atoms with Gasteiger partial charge in [-0.25, -0.2) is 0 Å². The highest BCUT2D eigenvalue weighted by molar-refractivity contribution is 6.33. The van der Waals surface area contributed by atoms with Crippen molar-refractivity contribution in [2.24, 2.45) is 0 Å². The molecular weight excluding hydrogens is 760 g/mol. The van der Waals surface area contributed by atoms with Crippen LogP contribution in [-0.4, -0.2) is 0 Å². The van der Waals surface area contributed by atoms with Gasteiger partial charge in [-0.05, 0) is 115 Å². The van der Waals surface area contributed by atoms with E-state index in [4.69, 9.17) is 11.6 Å². The van der Waals surface area contributed by atoms with Gasteiger partial charge in [-0.2, -0.15) is 0 Å². The summed E-state index contributed by atoms with van der Waals surface area (Å²) >= 11 is 6.77. The molecule has 0 amide bonds. The Labute approximate surface area is 362 Å². The summed E-state index contributed by atoms with van der Waals surface area (Å²) in [5, 5.41) is 4.44. The van der Waals surface area contributed by atoms with E-state index in [-0.39, 0.29) is 5.41 Å². The number of halogens is 1. The van der Waals surface area contributed by atoms with Crippen LogP contribution in [0.3, 0.4) is 0 Å². The van der Waals surface area contributed by atoms with Gasteiger partial charge in [0.05, 0.1) is 21.8 Å². The third-order valence-electron chi connectivity index (χ3n) is 13.6. The molecule has 3 aliphatic rings. The molecule has 12 rings (SSSR count). The van der Waals surface area contributed by atoms with Crippen LogP contribution in [-0.2, 0) is 10.8 Å². The Hall–Kier alpha value is -7.13. The molecule has 61 heavy (non-hydrogen) atoms. The zero-order valence-corrected chi connectivity index (χ0v) is 34.7. The van der Waals surface area contributed by atoms with Crippen molar-refractivity contribution in [3.05, 3.63) is 245 Å². The third-order valence-corrected chi connectivity index (χ3v) is 13.9. The first-order chi connectivity index (χ1) is 29.9. The van der Waals surface area contributed by atoms with Crippen molar-refractivity contribution in [3.8, 4) is 44.5 Å². The van der Waals surface area contributed by atoms with E-state index in [0.717, 1.165) is 28.4 Å². The van der Waals surface area contributed by atoms with Crippen molar-refractivity contribution in [1.82, 2.24) is 0 Å². The summed E-state index contributed by atoms with van der Waals surface area (Å²) < 4.78 is 0. The minimum atomic E-state index is -0.545. The summed E-state index contributed by atoms with van der Waals surface area (Å²) in [6.07, 6.45) is 0. The molecule has 3 aliphatic carbocycles. The quantitative estimate of drug-likeness (QED) is 0.180. The SMILES string of the molecule is CC1(C)c2ccccc2-c2ccc(N(c3ccc(-c4ccccc4)cc3)c3cccc4c3-c3ccccc3C43c4ccccc4-c4c(Nc5ccccc5Cl)cccc43)cc21. The zero-order chi connectivity index (χ0) is 40.9. The van der Waals surface area contributed by atoms with Crippen LogP contribution in [0.25, 0.3) is 44.5 Å². The lowest BCUT2D eigenvalue weighted by Gasteiger charge is -2.32. The summed E-state index contributed by atoms with van der Waals surface area (Å²) in [6, 6.07) is 75.5. The van der Waals surface area contributed by atoms with E-state index in [0.29, 0.717) is 5.02 Å². The molecule has 0 aliphatic heterocycles. The van der Waals surface area contributed by atoms with E-state index < -0.39 is 5.41 Å². The van der Waals surface area contributed by atoms with Gasteiger partial charge in [-0.15, -0.1) is 0 Å². The summed E-state index contributed by atoms with van der Waals surface area (Å²) in [4.78, 5) is 2.50. The fourth-order valence-electron chi connectivity index (χ4n) is 10.9. The lowest BCUT2D eigenvalue weighted by molar-refractivity contribution is 0.660. The molecule has 0 bridgehead atoms. The van der Waals surface area contributed by atoms with Gasteiger partial charge >= 0.3 is 0 Å². The van der Waals surface area contributed by atoms with Crippen molar-refractivity contribution < 1.29 is 0 Å². The summed E-state index contributed by atoms with van der Waals surface area (Å²) in [6.45, 7) is 4.73. The van der Waals surface area contributed by atoms with Gasteiger partial charge in [0, 0.05) is 33.6 Å². The number of anilines is 5. The number of nitrogens with zero attached hydrogens (tertiary/aromatic N) is 1. The lowest BCUT2D eigenvalue weighted by atomic mass is 9.70. The van der Waals surface area contributed by atoms with Crippen LogP contribution >= 0.6 is 11.6 Å². The maximum Gasteiger partial charge on any atom is 0.0727 e. The third kappa shape index (κ3) is 5.09. The van der Waals surface area contributed by atoms with Crippen molar-refractivity contribution in [2.75, 3.05) is 10.2 Å². The zero-order valence-electron chi connectivity index (χ0n) is 34.0. The van der Waals surface area contributed by atoms with Gasteiger partial charge < -0.3 is 10.2 Å². The number of fused-ring (bicyclic) bond motifs is 13. The highest BCUT2D eigenvalue weighted by atomic mass is 35.5. The van der Waals surface area contributed by atoms with Crippen LogP contribution in [0.15, 0.2) is 206 Å². The normalized spacial score (nSPS) is 15.7. The minimum Gasteiger partial charge on any atom is -0.354 e. The largest absolute Gasteiger partial charge is 0.354 e. The second kappa shape index (κ2) is 13.4. The van der Waals surface area contributed by atoms with E-state index >= 15 is 0 Å². The Morgan fingerprint density at radius 2 is 0.918 bits per heavy atom. The van der Waals surface area contributed by atoms with Crippen molar-refractivity contribution in [3.63, 3.8) is 0 Å². The van der Waals surface area contributed by atoms with E-state index in [1.807, 2.05) is 24.3 Å². The first kappa shape index (κ1) is 35.8. The Balaban J connectivity index is 1.11. The van der Waals surface area contributed by atoms with Crippen molar-refractivity contribution >= 4 is 40.0 Å². The van der Waals surface area contributed by atoms with Gasteiger partial charge in [-0.1, -0.05) is 183 Å². The summed E-state index contributed by atoms with van der Waals surface area (Å²) in [5.41, 5.74) is 22.5. The topological polar surface area (TPSA) is 15.3 Å². The first-order valence-electron chi connectivity index (χ1n) is 21.1. The molecule has 0 heterocycles. The predicted molar refractivity (Wildman–Crippen MR) is 255 cm³/mol. The second-order valence-electron chi connectivity index (χ2n) is 17.0.